The average Bonchev–Trinajstić information content (AvgIpc) is 3.47. The summed E-state index contributed by atoms with van der Waals surface area (Å²) in [4.78, 5) is 9.05. The molecule has 1 aliphatic carbocycles. The van der Waals surface area contributed by atoms with E-state index in [1.807, 2.05) is 32.3 Å². The highest BCUT2D eigenvalue weighted by atomic mass is 16.5. The largest absolute Gasteiger partial charge is 0.497 e. The first-order valence-electron chi connectivity index (χ1n) is 8.99. The van der Waals surface area contributed by atoms with E-state index in [0.717, 1.165) is 48.7 Å². The zero-order chi connectivity index (χ0) is 18.2. The van der Waals surface area contributed by atoms with Crippen molar-refractivity contribution in [3.8, 4) is 11.5 Å². The Kier molecular flexibility index (Phi) is 7.37. The van der Waals surface area contributed by atoms with E-state index in [-0.39, 0.29) is 0 Å². The highest BCUT2D eigenvalue weighted by Crippen LogP contribution is 2.26. The maximum atomic E-state index is 5.49. The van der Waals surface area contributed by atoms with Crippen LogP contribution in [0, 0.1) is 0 Å². The topological polar surface area (TPSA) is 49.3 Å². The van der Waals surface area contributed by atoms with Gasteiger partial charge in [-0.05, 0) is 31.5 Å². The van der Waals surface area contributed by atoms with Gasteiger partial charge in [-0.15, -0.1) is 0 Å². The van der Waals surface area contributed by atoms with Crippen LogP contribution < -0.4 is 14.8 Å². The van der Waals surface area contributed by atoms with Crippen LogP contribution in [-0.2, 0) is 6.54 Å². The highest BCUT2D eigenvalue weighted by Gasteiger charge is 2.27. The second-order valence-electron chi connectivity index (χ2n) is 6.37. The zero-order valence-corrected chi connectivity index (χ0v) is 16.2. The first-order valence-corrected chi connectivity index (χ1v) is 8.99. The number of benzene rings is 1. The van der Waals surface area contributed by atoms with Crippen molar-refractivity contribution in [1.29, 1.82) is 0 Å². The number of likely N-dealkylation sites (N-methyl/N-ethyl adjacent to an activating group) is 1. The molecule has 0 aliphatic heterocycles. The molecule has 1 aliphatic rings. The van der Waals surface area contributed by atoms with E-state index < -0.39 is 0 Å². The number of methoxy groups -OCH3 is 2. The molecule has 0 aromatic heterocycles. The third-order valence-corrected chi connectivity index (χ3v) is 4.63. The van der Waals surface area contributed by atoms with Crippen LogP contribution in [0.5, 0.6) is 11.5 Å². The summed E-state index contributed by atoms with van der Waals surface area (Å²) >= 11 is 0. The molecule has 0 heterocycles. The number of ether oxygens (including phenoxy) is 2. The van der Waals surface area contributed by atoms with E-state index in [2.05, 4.69) is 27.0 Å². The van der Waals surface area contributed by atoms with Gasteiger partial charge < -0.3 is 19.7 Å². The quantitative estimate of drug-likeness (QED) is 0.548. The van der Waals surface area contributed by atoms with Gasteiger partial charge in [-0.3, -0.25) is 9.89 Å². The molecule has 0 unspecified atom stereocenters. The van der Waals surface area contributed by atoms with Crippen molar-refractivity contribution in [2.24, 2.45) is 4.99 Å². The van der Waals surface area contributed by atoms with E-state index in [4.69, 9.17) is 9.47 Å². The molecule has 1 N–H and O–H groups in total. The minimum absolute atomic E-state index is 0.715. The predicted octanol–water partition coefficient (Wildman–Crippen LogP) is 2.20. The van der Waals surface area contributed by atoms with Crippen molar-refractivity contribution in [3.63, 3.8) is 0 Å². The molecule has 0 saturated heterocycles. The van der Waals surface area contributed by atoms with Crippen LogP contribution in [0.15, 0.2) is 23.2 Å². The molecule has 1 fully saturated rings. The number of nitrogens with zero attached hydrogens (tertiary/aromatic N) is 3. The summed E-state index contributed by atoms with van der Waals surface area (Å²) in [6, 6.07) is 6.70. The molecular formula is C19H32N4O2. The number of aliphatic imine (C=N–C) groups is 1. The Morgan fingerprint density at radius 3 is 2.60 bits per heavy atom. The zero-order valence-electron chi connectivity index (χ0n) is 16.2. The van der Waals surface area contributed by atoms with E-state index >= 15 is 0 Å². The molecule has 0 amide bonds. The monoisotopic (exact) mass is 348 g/mol. The van der Waals surface area contributed by atoms with Gasteiger partial charge in [0, 0.05) is 51.4 Å². The van der Waals surface area contributed by atoms with Gasteiger partial charge in [-0.2, -0.15) is 0 Å². The Bertz CT molecular complexity index is 573. The van der Waals surface area contributed by atoms with Crippen molar-refractivity contribution in [2.45, 2.75) is 32.4 Å². The summed E-state index contributed by atoms with van der Waals surface area (Å²) in [6.07, 6.45) is 2.69. The van der Waals surface area contributed by atoms with Gasteiger partial charge in [-0.25, -0.2) is 0 Å². The van der Waals surface area contributed by atoms with Gasteiger partial charge in [0.25, 0.3) is 0 Å². The molecule has 1 aromatic rings. The van der Waals surface area contributed by atoms with Crippen LogP contribution in [0.2, 0.25) is 0 Å². The highest BCUT2D eigenvalue weighted by molar-refractivity contribution is 5.79. The van der Waals surface area contributed by atoms with Gasteiger partial charge in [0.05, 0.1) is 14.2 Å². The SMILES string of the molecule is CCN(CCNC(=NC)N(C)Cc1ccc(OC)cc1OC)C1CC1. The molecule has 0 radical (unpaired) electrons. The summed E-state index contributed by atoms with van der Waals surface area (Å²) in [6.45, 7) is 6.02. The summed E-state index contributed by atoms with van der Waals surface area (Å²) in [5, 5.41) is 3.47. The fraction of sp³-hybridized carbons (Fsp3) is 0.632. The van der Waals surface area contributed by atoms with Crippen LogP contribution in [0.1, 0.15) is 25.3 Å². The smallest absolute Gasteiger partial charge is 0.193 e. The molecule has 0 bridgehead atoms. The third-order valence-electron chi connectivity index (χ3n) is 4.63. The lowest BCUT2D eigenvalue weighted by molar-refractivity contribution is 0.280. The molecule has 0 atom stereocenters. The number of nitrogens with one attached hydrogen (secondary N) is 1. The Balaban J connectivity index is 1.90. The van der Waals surface area contributed by atoms with Gasteiger partial charge >= 0.3 is 0 Å². The second kappa shape index (κ2) is 9.51. The van der Waals surface area contributed by atoms with Crippen LogP contribution in [0.3, 0.4) is 0 Å². The summed E-state index contributed by atoms with van der Waals surface area (Å²) in [5.41, 5.74) is 1.10. The standard InChI is InChI=1S/C19H32N4O2/c1-6-23(16-8-9-16)12-11-21-19(20-2)22(3)14-15-7-10-17(24-4)13-18(15)25-5/h7,10,13,16H,6,8-9,11-12,14H2,1-5H3,(H,20,21). The van der Waals surface area contributed by atoms with E-state index in [1.54, 1.807) is 14.2 Å². The van der Waals surface area contributed by atoms with Crippen LogP contribution in [0.25, 0.3) is 0 Å². The maximum absolute atomic E-state index is 5.49. The van der Waals surface area contributed by atoms with Crippen LogP contribution in [0.4, 0.5) is 0 Å². The van der Waals surface area contributed by atoms with E-state index in [9.17, 15) is 0 Å². The summed E-state index contributed by atoms with van der Waals surface area (Å²) < 4.78 is 10.8. The van der Waals surface area contributed by atoms with Crippen molar-refractivity contribution in [1.82, 2.24) is 15.1 Å². The van der Waals surface area contributed by atoms with E-state index in [1.165, 1.54) is 12.8 Å². The summed E-state index contributed by atoms with van der Waals surface area (Å²) in [5.74, 6) is 2.52. The Hall–Kier alpha value is -1.95. The molecule has 6 heteroatoms. The Morgan fingerprint density at radius 2 is 2.04 bits per heavy atom. The van der Waals surface area contributed by atoms with Gasteiger partial charge in [0.2, 0.25) is 0 Å². The van der Waals surface area contributed by atoms with Gasteiger partial charge in [0.1, 0.15) is 11.5 Å². The van der Waals surface area contributed by atoms with Gasteiger partial charge in [0.15, 0.2) is 5.96 Å². The fourth-order valence-electron chi connectivity index (χ4n) is 3.05. The van der Waals surface area contributed by atoms with Crippen LogP contribution in [-0.4, -0.2) is 69.8 Å². The minimum Gasteiger partial charge on any atom is -0.497 e. The number of hydrogen-bond acceptors (Lipinski definition) is 4. The van der Waals surface area contributed by atoms with Crippen molar-refractivity contribution >= 4 is 5.96 Å². The van der Waals surface area contributed by atoms with Crippen LogP contribution >= 0.6 is 0 Å². The number of rotatable bonds is 9. The van der Waals surface area contributed by atoms with Gasteiger partial charge in [-0.1, -0.05) is 6.92 Å². The third kappa shape index (κ3) is 5.53. The van der Waals surface area contributed by atoms with E-state index in [0.29, 0.717) is 6.54 Å². The van der Waals surface area contributed by atoms with Crippen molar-refractivity contribution in [3.05, 3.63) is 23.8 Å². The average molecular weight is 348 g/mol. The number of hydrogen-bond donors (Lipinski definition) is 1. The molecule has 2 rings (SSSR count). The first-order chi connectivity index (χ1) is 12.1. The lowest BCUT2D eigenvalue weighted by Crippen LogP contribution is -2.42. The molecule has 6 nitrogen and oxygen atoms in total. The predicted molar refractivity (Wildman–Crippen MR) is 103 cm³/mol. The first kappa shape index (κ1) is 19.4. The fourth-order valence-corrected chi connectivity index (χ4v) is 3.05. The molecule has 0 spiro atoms. The molecule has 1 aromatic carbocycles. The minimum atomic E-state index is 0.715. The lowest BCUT2D eigenvalue weighted by Gasteiger charge is -2.25. The molecule has 1 saturated carbocycles. The lowest BCUT2D eigenvalue weighted by atomic mass is 10.2. The summed E-state index contributed by atoms with van der Waals surface area (Å²) in [7, 11) is 7.20. The normalized spacial score (nSPS) is 14.6. The molecule has 25 heavy (non-hydrogen) atoms. The Morgan fingerprint density at radius 1 is 1.28 bits per heavy atom. The maximum Gasteiger partial charge on any atom is 0.193 e. The Labute approximate surface area is 151 Å². The number of guanidine groups is 1. The second-order valence-corrected chi connectivity index (χ2v) is 6.37. The van der Waals surface area contributed by atoms with Crippen molar-refractivity contribution < 1.29 is 9.47 Å². The van der Waals surface area contributed by atoms with Crippen molar-refractivity contribution in [2.75, 3.05) is 47.9 Å². The molecule has 140 valence electrons. The molecular weight excluding hydrogens is 316 g/mol.